The molecule has 1 aliphatic heterocycles. The van der Waals surface area contributed by atoms with E-state index in [2.05, 4.69) is 0 Å². The van der Waals surface area contributed by atoms with Crippen LogP contribution in [0.25, 0.3) is 0 Å². The third-order valence-corrected chi connectivity index (χ3v) is 9.73. The third-order valence-electron chi connectivity index (χ3n) is 9.73. The van der Waals surface area contributed by atoms with Crippen LogP contribution < -0.4 is 0 Å². The van der Waals surface area contributed by atoms with Gasteiger partial charge in [-0.1, -0.05) is 39.0 Å². The van der Waals surface area contributed by atoms with Crippen LogP contribution in [-0.4, -0.2) is 71.6 Å². The maximum absolute atomic E-state index is 13.7. The van der Waals surface area contributed by atoms with Crippen molar-refractivity contribution in [3.05, 3.63) is 35.9 Å². The molecule has 1 aromatic rings. The lowest BCUT2D eigenvalue weighted by molar-refractivity contribution is -0.315. The van der Waals surface area contributed by atoms with Crippen LogP contribution in [0.3, 0.4) is 0 Å². The molecule has 2 bridgehead atoms. The Bertz CT molecular complexity index is 1290. The Morgan fingerprint density at radius 2 is 1.41 bits per heavy atom. The molecule has 2 saturated carbocycles. The lowest BCUT2D eigenvalue weighted by Gasteiger charge is -2.63. The van der Waals surface area contributed by atoms with Gasteiger partial charge in [-0.15, -0.1) is 0 Å². The Labute approximate surface area is 258 Å². The van der Waals surface area contributed by atoms with E-state index >= 15 is 0 Å². The molecular weight excluding hydrogens is 572 g/mol. The van der Waals surface area contributed by atoms with Crippen LogP contribution in [0.15, 0.2) is 30.3 Å². The van der Waals surface area contributed by atoms with E-state index in [-0.39, 0.29) is 12.0 Å². The van der Waals surface area contributed by atoms with Crippen LogP contribution in [0.4, 0.5) is 0 Å². The average molecular weight is 617 g/mol. The highest BCUT2D eigenvalue weighted by atomic mass is 16.6. The summed E-state index contributed by atoms with van der Waals surface area (Å²) in [6.45, 7) is 14.5. The van der Waals surface area contributed by atoms with E-state index in [9.17, 15) is 24.0 Å². The molecule has 3 aliphatic rings. The van der Waals surface area contributed by atoms with E-state index in [1.807, 2.05) is 13.8 Å². The average Bonchev–Trinajstić information content (AvgIpc) is 3.14. The monoisotopic (exact) mass is 616 g/mol. The molecule has 10 atom stereocenters. The highest BCUT2D eigenvalue weighted by molar-refractivity contribution is 5.89. The second-order valence-electron chi connectivity index (χ2n) is 13.1. The first kappa shape index (κ1) is 33.4. The van der Waals surface area contributed by atoms with Gasteiger partial charge in [0.25, 0.3) is 0 Å². The lowest BCUT2D eigenvalue weighted by atomic mass is 9.47. The topological polar surface area (TPSA) is 141 Å². The normalized spacial score (nSPS) is 35.8. The lowest BCUT2D eigenvalue weighted by Crippen LogP contribution is -2.79. The number of hydrogen-bond donors (Lipinski definition) is 0. The van der Waals surface area contributed by atoms with Gasteiger partial charge >= 0.3 is 29.8 Å². The first-order chi connectivity index (χ1) is 20.5. The number of carbonyl (C=O) groups excluding carboxylic acids is 5. The zero-order chi connectivity index (χ0) is 32.8. The molecule has 3 fully saturated rings. The van der Waals surface area contributed by atoms with Gasteiger partial charge < -0.3 is 28.4 Å². The Hall–Kier alpha value is -3.47. The van der Waals surface area contributed by atoms with Crippen LogP contribution in [0.2, 0.25) is 0 Å². The minimum Gasteiger partial charge on any atom is -0.459 e. The van der Waals surface area contributed by atoms with Crippen molar-refractivity contribution < 1.29 is 52.4 Å². The first-order valence-electron chi connectivity index (χ1n) is 15.2. The number of carbonyl (C=O) groups is 5. The zero-order valence-electron chi connectivity index (χ0n) is 26.9. The molecule has 11 heteroatoms. The molecule has 1 saturated heterocycles. The van der Waals surface area contributed by atoms with Crippen molar-refractivity contribution in [3.8, 4) is 0 Å². The van der Waals surface area contributed by atoms with Gasteiger partial charge in [-0.25, -0.2) is 4.79 Å². The Morgan fingerprint density at radius 3 is 1.95 bits per heavy atom. The summed E-state index contributed by atoms with van der Waals surface area (Å²) >= 11 is 0. The number of rotatable bonds is 8. The fraction of sp³-hybridized carbons (Fsp3) is 0.667. The van der Waals surface area contributed by atoms with E-state index in [0.717, 1.165) is 0 Å². The molecular formula is C33H44O11. The van der Waals surface area contributed by atoms with Gasteiger partial charge in [0.2, 0.25) is 0 Å². The van der Waals surface area contributed by atoms with Crippen molar-refractivity contribution >= 4 is 29.8 Å². The van der Waals surface area contributed by atoms with Crippen molar-refractivity contribution in [2.45, 2.75) is 117 Å². The van der Waals surface area contributed by atoms with Gasteiger partial charge in [0.05, 0.1) is 28.4 Å². The van der Waals surface area contributed by atoms with Crippen LogP contribution in [0.1, 0.15) is 85.5 Å². The molecule has 11 nitrogen and oxygen atoms in total. The standard InChI is InChI=1S/C33H44O11/c1-10-17(2)29(37)42-23-16-18(3)33-27(41-21(6)36)24(31(7,8)44-33)25(39-19(4)34)28(32(33,9)26(23)40-20(5)35)43-30(38)22-14-12-11-13-15-22/h11-15,17-18,23-28H,10,16H2,1-9H3/t17?,18-,23+,24-,25-,26+,27-,28-,32+,33-/m1/s1. The number of hydrogen-bond acceptors (Lipinski definition) is 11. The third kappa shape index (κ3) is 5.48. The van der Waals surface area contributed by atoms with E-state index in [1.165, 1.54) is 20.8 Å². The maximum atomic E-state index is 13.7. The van der Waals surface area contributed by atoms with Gasteiger partial charge in [-0.05, 0) is 51.7 Å². The van der Waals surface area contributed by atoms with Crippen molar-refractivity contribution in [1.29, 1.82) is 0 Å². The van der Waals surface area contributed by atoms with Crippen molar-refractivity contribution in [2.75, 3.05) is 0 Å². The summed E-state index contributed by atoms with van der Waals surface area (Å²) < 4.78 is 37.3. The van der Waals surface area contributed by atoms with Crippen LogP contribution >= 0.6 is 0 Å². The smallest absolute Gasteiger partial charge is 0.338 e. The minimum atomic E-state index is -1.56. The highest BCUT2D eigenvalue weighted by Gasteiger charge is 2.83. The molecule has 1 unspecified atom stereocenters. The van der Waals surface area contributed by atoms with Crippen LogP contribution in [-0.2, 0) is 47.6 Å². The summed E-state index contributed by atoms with van der Waals surface area (Å²) in [5, 5.41) is 0. The Kier molecular flexibility index (Phi) is 9.22. The number of fused-ring (bicyclic) bond motifs is 1. The Balaban J connectivity index is 2.01. The fourth-order valence-corrected chi connectivity index (χ4v) is 7.79. The molecule has 1 spiro atoms. The SMILES string of the molecule is CCC(C)C(=O)O[C@H]1C[C@@H](C)[C@]23OC(C)(C)[C@H]([C@@H](OC(C)=O)[C@@H](OC(=O)c4ccccc4)[C@]2(C)[C@H]1OC(C)=O)[C@H]3OC(C)=O. The summed E-state index contributed by atoms with van der Waals surface area (Å²) in [7, 11) is 0. The van der Waals surface area contributed by atoms with Gasteiger partial charge in [0.15, 0.2) is 12.2 Å². The molecule has 0 aromatic heterocycles. The van der Waals surface area contributed by atoms with E-state index < -0.39 is 94.7 Å². The fourth-order valence-electron chi connectivity index (χ4n) is 7.79. The molecule has 0 radical (unpaired) electrons. The first-order valence-corrected chi connectivity index (χ1v) is 15.2. The molecule has 2 aliphatic carbocycles. The quantitative estimate of drug-likeness (QED) is 0.307. The van der Waals surface area contributed by atoms with E-state index in [1.54, 1.807) is 58.0 Å². The summed E-state index contributed by atoms with van der Waals surface area (Å²) in [4.78, 5) is 64.9. The summed E-state index contributed by atoms with van der Waals surface area (Å²) in [6, 6.07) is 8.30. The highest BCUT2D eigenvalue weighted by Crippen LogP contribution is 2.68. The number of esters is 5. The Morgan fingerprint density at radius 1 is 0.841 bits per heavy atom. The predicted molar refractivity (Wildman–Crippen MR) is 155 cm³/mol. The van der Waals surface area contributed by atoms with Gasteiger partial charge in [0, 0.05) is 20.8 Å². The van der Waals surface area contributed by atoms with E-state index in [0.29, 0.717) is 6.42 Å². The van der Waals surface area contributed by atoms with Crippen LogP contribution in [0, 0.1) is 23.2 Å². The molecule has 0 amide bonds. The summed E-state index contributed by atoms with van der Waals surface area (Å²) in [5.41, 5.74) is -3.82. The second kappa shape index (κ2) is 12.1. The largest absolute Gasteiger partial charge is 0.459 e. The van der Waals surface area contributed by atoms with Crippen molar-refractivity contribution in [2.24, 2.45) is 23.2 Å². The number of benzene rings is 1. The molecule has 242 valence electrons. The zero-order valence-corrected chi connectivity index (χ0v) is 26.9. The molecule has 1 aromatic carbocycles. The van der Waals surface area contributed by atoms with Gasteiger partial charge in [0.1, 0.15) is 23.9 Å². The molecule has 1 heterocycles. The molecule has 44 heavy (non-hydrogen) atoms. The van der Waals surface area contributed by atoms with Gasteiger partial charge in [-0.2, -0.15) is 0 Å². The van der Waals surface area contributed by atoms with Crippen LogP contribution in [0.5, 0.6) is 0 Å². The maximum Gasteiger partial charge on any atom is 0.338 e. The van der Waals surface area contributed by atoms with Crippen molar-refractivity contribution in [1.82, 2.24) is 0 Å². The second-order valence-corrected chi connectivity index (χ2v) is 13.1. The van der Waals surface area contributed by atoms with Crippen molar-refractivity contribution in [3.63, 3.8) is 0 Å². The minimum absolute atomic E-state index is 0.188. The number of ether oxygens (including phenoxy) is 6. The van der Waals surface area contributed by atoms with Gasteiger partial charge in [-0.3, -0.25) is 19.2 Å². The summed E-state index contributed by atoms with van der Waals surface area (Å²) in [6.07, 6.45) is -5.00. The molecule has 0 N–H and O–H groups in total. The predicted octanol–water partition coefficient (Wildman–Crippen LogP) is 4.19. The van der Waals surface area contributed by atoms with E-state index in [4.69, 9.17) is 28.4 Å². The molecule has 4 rings (SSSR count). The summed E-state index contributed by atoms with van der Waals surface area (Å²) in [5.74, 6) is -4.82.